The van der Waals surface area contributed by atoms with Crippen LogP contribution in [0, 0.1) is 0 Å². The summed E-state index contributed by atoms with van der Waals surface area (Å²) in [5, 5.41) is 11.2. The number of hydrogen-bond donors (Lipinski definition) is 1. The van der Waals surface area contributed by atoms with Crippen LogP contribution in [0.1, 0.15) is 18.5 Å². The van der Waals surface area contributed by atoms with E-state index in [1.165, 1.54) is 0 Å². The molecule has 16 heavy (non-hydrogen) atoms. The molecule has 0 saturated carbocycles. The average Bonchev–Trinajstić information content (AvgIpc) is 2.95. The zero-order chi connectivity index (χ0) is 11.2. The van der Waals surface area contributed by atoms with Crippen molar-refractivity contribution in [3.05, 3.63) is 36.3 Å². The number of hydrogen-bond acceptors (Lipinski definition) is 4. The van der Waals surface area contributed by atoms with Crippen LogP contribution in [-0.2, 0) is 19.5 Å². The van der Waals surface area contributed by atoms with Gasteiger partial charge in [-0.1, -0.05) is 6.92 Å². The summed E-state index contributed by atoms with van der Waals surface area (Å²) in [6.07, 6.45) is 4.37. The monoisotopic (exact) mass is 220 g/mol. The minimum Gasteiger partial charge on any atom is -0.468 e. The Hall–Kier alpha value is -1.62. The number of nitrogens with one attached hydrogen (secondary N) is 1. The molecule has 0 spiro atoms. The first-order valence-electron chi connectivity index (χ1n) is 5.50. The number of aryl methyl sites for hydroxylation is 1. The molecular formula is C11H16N4O. The van der Waals surface area contributed by atoms with Crippen molar-refractivity contribution >= 4 is 0 Å². The lowest BCUT2D eigenvalue weighted by atomic mass is 10.4. The Morgan fingerprint density at radius 1 is 1.50 bits per heavy atom. The standard InChI is InChI=1S/C11H16N4O/c1-2-11-14-13-9-15(11)6-5-12-8-10-4-3-7-16-10/h3-4,7,9,12H,2,5-6,8H2,1H3. The molecule has 0 fully saturated rings. The fourth-order valence-electron chi connectivity index (χ4n) is 1.56. The van der Waals surface area contributed by atoms with E-state index in [9.17, 15) is 0 Å². The van der Waals surface area contributed by atoms with Crippen LogP contribution in [0.15, 0.2) is 29.1 Å². The summed E-state index contributed by atoms with van der Waals surface area (Å²) >= 11 is 0. The third kappa shape index (κ3) is 2.70. The highest BCUT2D eigenvalue weighted by atomic mass is 16.3. The Bertz CT molecular complexity index is 407. The van der Waals surface area contributed by atoms with E-state index >= 15 is 0 Å². The van der Waals surface area contributed by atoms with Gasteiger partial charge in [0.1, 0.15) is 17.9 Å². The number of aromatic nitrogens is 3. The molecule has 2 heterocycles. The van der Waals surface area contributed by atoms with Crippen LogP contribution in [0.3, 0.4) is 0 Å². The first kappa shape index (κ1) is 10.9. The molecule has 0 amide bonds. The van der Waals surface area contributed by atoms with Crippen LogP contribution in [0.4, 0.5) is 0 Å². The van der Waals surface area contributed by atoms with Crippen molar-refractivity contribution < 1.29 is 4.42 Å². The molecular weight excluding hydrogens is 204 g/mol. The molecule has 0 atom stereocenters. The minimum absolute atomic E-state index is 0.761. The summed E-state index contributed by atoms with van der Waals surface area (Å²) in [4.78, 5) is 0. The van der Waals surface area contributed by atoms with E-state index in [1.807, 2.05) is 12.1 Å². The van der Waals surface area contributed by atoms with Crippen molar-refractivity contribution in [2.75, 3.05) is 6.54 Å². The van der Waals surface area contributed by atoms with Gasteiger partial charge in [-0.15, -0.1) is 10.2 Å². The molecule has 0 radical (unpaired) electrons. The van der Waals surface area contributed by atoms with E-state index in [0.29, 0.717) is 0 Å². The predicted octanol–water partition coefficient (Wildman–Crippen LogP) is 1.22. The Kier molecular flexibility index (Phi) is 3.71. The van der Waals surface area contributed by atoms with Gasteiger partial charge < -0.3 is 14.3 Å². The minimum atomic E-state index is 0.761. The lowest BCUT2D eigenvalue weighted by molar-refractivity contribution is 0.474. The Morgan fingerprint density at radius 2 is 2.44 bits per heavy atom. The Balaban J connectivity index is 1.72. The highest BCUT2D eigenvalue weighted by Crippen LogP contribution is 1.99. The number of furan rings is 1. The van der Waals surface area contributed by atoms with Gasteiger partial charge in [0.25, 0.3) is 0 Å². The van der Waals surface area contributed by atoms with Crippen molar-refractivity contribution in [2.45, 2.75) is 26.4 Å². The van der Waals surface area contributed by atoms with Crippen LogP contribution in [0.5, 0.6) is 0 Å². The highest BCUT2D eigenvalue weighted by Gasteiger charge is 2.00. The Morgan fingerprint density at radius 3 is 3.19 bits per heavy atom. The zero-order valence-electron chi connectivity index (χ0n) is 9.39. The molecule has 0 aliphatic rings. The summed E-state index contributed by atoms with van der Waals surface area (Å²) in [6, 6.07) is 3.86. The molecule has 0 aliphatic carbocycles. The summed E-state index contributed by atoms with van der Waals surface area (Å²) in [5.74, 6) is 1.99. The van der Waals surface area contributed by atoms with Gasteiger partial charge in [0.15, 0.2) is 0 Å². The van der Waals surface area contributed by atoms with Crippen LogP contribution < -0.4 is 5.32 Å². The highest BCUT2D eigenvalue weighted by molar-refractivity contribution is 4.97. The zero-order valence-corrected chi connectivity index (χ0v) is 9.39. The molecule has 0 aromatic carbocycles. The SMILES string of the molecule is CCc1nncn1CCNCc1ccco1. The van der Waals surface area contributed by atoms with E-state index < -0.39 is 0 Å². The normalized spacial score (nSPS) is 10.8. The molecule has 5 heteroatoms. The van der Waals surface area contributed by atoms with Gasteiger partial charge in [-0.3, -0.25) is 0 Å². The quantitative estimate of drug-likeness (QED) is 0.744. The van der Waals surface area contributed by atoms with Gasteiger partial charge in [-0.2, -0.15) is 0 Å². The van der Waals surface area contributed by atoms with E-state index in [-0.39, 0.29) is 0 Å². The van der Waals surface area contributed by atoms with Crippen molar-refractivity contribution in [1.82, 2.24) is 20.1 Å². The van der Waals surface area contributed by atoms with Gasteiger partial charge in [-0.25, -0.2) is 0 Å². The van der Waals surface area contributed by atoms with Gasteiger partial charge in [0.05, 0.1) is 12.8 Å². The third-order valence-electron chi connectivity index (χ3n) is 2.42. The maximum absolute atomic E-state index is 5.22. The number of nitrogens with zero attached hydrogens (tertiary/aromatic N) is 3. The maximum atomic E-state index is 5.22. The number of rotatable bonds is 6. The van der Waals surface area contributed by atoms with Gasteiger partial charge in [0, 0.05) is 19.5 Å². The van der Waals surface area contributed by atoms with E-state index in [0.717, 1.165) is 37.6 Å². The molecule has 2 rings (SSSR count). The molecule has 0 aliphatic heterocycles. The largest absolute Gasteiger partial charge is 0.468 e. The van der Waals surface area contributed by atoms with Gasteiger partial charge in [-0.05, 0) is 12.1 Å². The van der Waals surface area contributed by atoms with Gasteiger partial charge >= 0.3 is 0 Å². The maximum Gasteiger partial charge on any atom is 0.132 e. The lowest BCUT2D eigenvalue weighted by Crippen LogP contribution is -2.19. The predicted molar refractivity (Wildman–Crippen MR) is 59.8 cm³/mol. The second-order valence-electron chi connectivity index (χ2n) is 3.55. The summed E-state index contributed by atoms with van der Waals surface area (Å²) in [5.41, 5.74) is 0. The molecule has 5 nitrogen and oxygen atoms in total. The lowest BCUT2D eigenvalue weighted by Gasteiger charge is -2.05. The molecule has 2 aromatic rings. The smallest absolute Gasteiger partial charge is 0.132 e. The molecule has 86 valence electrons. The molecule has 0 unspecified atom stereocenters. The summed E-state index contributed by atoms with van der Waals surface area (Å²) < 4.78 is 7.29. The van der Waals surface area contributed by atoms with Crippen molar-refractivity contribution in [3.8, 4) is 0 Å². The molecule has 2 aromatic heterocycles. The van der Waals surface area contributed by atoms with Crippen LogP contribution in [0.2, 0.25) is 0 Å². The van der Waals surface area contributed by atoms with Gasteiger partial charge in [0.2, 0.25) is 0 Å². The molecule has 1 N–H and O–H groups in total. The fraction of sp³-hybridized carbons (Fsp3) is 0.455. The molecule has 0 bridgehead atoms. The van der Waals surface area contributed by atoms with Crippen molar-refractivity contribution in [2.24, 2.45) is 0 Å². The second kappa shape index (κ2) is 5.46. The van der Waals surface area contributed by atoms with Crippen molar-refractivity contribution in [3.63, 3.8) is 0 Å². The summed E-state index contributed by atoms with van der Waals surface area (Å²) in [7, 11) is 0. The third-order valence-corrected chi connectivity index (χ3v) is 2.42. The fourth-order valence-corrected chi connectivity index (χ4v) is 1.56. The van der Waals surface area contributed by atoms with Crippen LogP contribution in [0.25, 0.3) is 0 Å². The van der Waals surface area contributed by atoms with Crippen LogP contribution >= 0.6 is 0 Å². The second-order valence-corrected chi connectivity index (χ2v) is 3.55. The van der Waals surface area contributed by atoms with E-state index in [1.54, 1.807) is 12.6 Å². The first-order valence-corrected chi connectivity index (χ1v) is 5.50. The first-order chi connectivity index (χ1) is 7.90. The molecule has 0 saturated heterocycles. The van der Waals surface area contributed by atoms with E-state index in [4.69, 9.17) is 4.42 Å². The Labute approximate surface area is 94.5 Å². The van der Waals surface area contributed by atoms with Crippen LogP contribution in [-0.4, -0.2) is 21.3 Å². The van der Waals surface area contributed by atoms with Crippen molar-refractivity contribution in [1.29, 1.82) is 0 Å². The average molecular weight is 220 g/mol. The topological polar surface area (TPSA) is 55.9 Å². The van der Waals surface area contributed by atoms with E-state index in [2.05, 4.69) is 27.0 Å². The summed E-state index contributed by atoms with van der Waals surface area (Å²) in [6.45, 7) is 4.61.